The molecule has 3 heterocycles. The molecule has 0 spiro atoms. The summed E-state index contributed by atoms with van der Waals surface area (Å²) in [6.45, 7) is 22.4. The van der Waals surface area contributed by atoms with Crippen molar-refractivity contribution in [3.8, 4) is 0 Å². The van der Waals surface area contributed by atoms with Crippen molar-refractivity contribution in [3.05, 3.63) is 12.2 Å². The lowest BCUT2D eigenvalue weighted by atomic mass is 9.71. The molecule has 7 nitrogen and oxygen atoms in total. The lowest BCUT2D eigenvalue weighted by Crippen LogP contribution is -2.72. The quantitative estimate of drug-likeness (QED) is 0.122. The highest BCUT2D eigenvalue weighted by Crippen LogP contribution is 2.46. The fourth-order valence-corrected chi connectivity index (χ4v) is 9.18. The minimum atomic E-state index is -0.389. The number of allylic oxidation sites excluding steroid dienone is 2. The van der Waals surface area contributed by atoms with Crippen molar-refractivity contribution < 1.29 is 14.4 Å². The Kier molecular flexibility index (Phi) is 12.3. The van der Waals surface area contributed by atoms with E-state index in [1.165, 1.54) is 50.0 Å². The van der Waals surface area contributed by atoms with Gasteiger partial charge in [0.05, 0.1) is 12.0 Å². The van der Waals surface area contributed by atoms with Crippen LogP contribution in [0.4, 0.5) is 0 Å². The molecule has 7 heteroatoms. The maximum Gasteiger partial charge on any atom is 0.252 e. The number of hydrogen-bond acceptors (Lipinski definition) is 5. The van der Waals surface area contributed by atoms with E-state index >= 15 is 0 Å². The summed E-state index contributed by atoms with van der Waals surface area (Å²) in [7, 11) is 0. The number of hydrogen-bond donors (Lipinski definition) is 1. The average Bonchev–Trinajstić information content (AvgIpc) is 3.14. The smallest absolute Gasteiger partial charge is 0.252 e. The molecule has 44 heavy (non-hydrogen) atoms. The van der Waals surface area contributed by atoms with Crippen LogP contribution in [0.1, 0.15) is 166 Å². The van der Waals surface area contributed by atoms with Gasteiger partial charge >= 0.3 is 0 Å². The van der Waals surface area contributed by atoms with Crippen LogP contribution in [0, 0.1) is 5.92 Å². The third-order valence-electron chi connectivity index (χ3n) is 10.2. The van der Waals surface area contributed by atoms with Gasteiger partial charge in [-0.05, 0) is 100 Å². The Balaban J connectivity index is 1.70. The van der Waals surface area contributed by atoms with Crippen molar-refractivity contribution in [3.63, 3.8) is 0 Å². The number of nitrogens with one attached hydrogen (secondary N) is 1. The van der Waals surface area contributed by atoms with Gasteiger partial charge in [0.25, 0.3) is 5.91 Å². The molecular formula is C37H66N4O3. The standard InChI is InChI=1S/C37H66N4O3/c1-11-13-14-15-16-17-18-19-20-21-22-28-23-32(43)40(33(28)44)39(31(42)12-2)29-26-36(7,8)41(37(9,10)27-29)30-24-34(3,4)38-35(5,6)25-30/h20-21,28-30,38H,11-19,22-27H2,1-10H3. The fraction of sp³-hybridized carbons (Fsp3) is 0.865. The van der Waals surface area contributed by atoms with Crippen LogP contribution in [-0.4, -0.2) is 66.9 Å². The van der Waals surface area contributed by atoms with Crippen LogP contribution in [0.15, 0.2) is 12.2 Å². The minimum absolute atomic E-state index is 0.0196. The number of hydrazine groups is 1. The number of carbonyl (C=O) groups excluding carboxylic acids is 3. The number of imide groups is 1. The molecule has 1 unspecified atom stereocenters. The third kappa shape index (κ3) is 9.18. The molecule has 0 aromatic rings. The molecule has 0 saturated carbocycles. The zero-order valence-corrected chi connectivity index (χ0v) is 30.1. The number of likely N-dealkylation sites (tertiary alicyclic amines) is 1. The van der Waals surface area contributed by atoms with Gasteiger partial charge in [-0.2, -0.15) is 5.01 Å². The van der Waals surface area contributed by atoms with Gasteiger partial charge in [0.1, 0.15) is 0 Å². The van der Waals surface area contributed by atoms with Crippen molar-refractivity contribution in [2.45, 2.75) is 200 Å². The molecule has 3 rings (SSSR count). The van der Waals surface area contributed by atoms with Crippen LogP contribution in [0.5, 0.6) is 0 Å². The largest absolute Gasteiger partial charge is 0.307 e. The van der Waals surface area contributed by atoms with Crippen molar-refractivity contribution in [1.82, 2.24) is 20.2 Å². The van der Waals surface area contributed by atoms with Crippen LogP contribution in [0.2, 0.25) is 0 Å². The van der Waals surface area contributed by atoms with Crippen molar-refractivity contribution in [2.75, 3.05) is 0 Å². The first-order valence-electron chi connectivity index (χ1n) is 17.9. The Hall–Kier alpha value is -1.73. The molecule has 0 aromatic carbocycles. The van der Waals surface area contributed by atoms with Crippen molar-refractivity contribution in [2.24, 2.45) is 5.92 Å². The normalized spacial score (nSPS) is 25.7. The Morgan fingerprint density at radius 2 is 1.36 bits per heavy atom. The number of piperidine rings is 2. The number of carbonyl (C=O) groups is 3. The Bertz CT molecular complexity index is 996. The van der Waals surface area contributed by atoms with Crippen molar-refractivity contribution in [1.29, 1.82) is 0 Å². The highest BCUT2D eigenvalue weighted by atomic mass is 16.2. The molecule has 3 saturated heterocycles. The maximum atomic E-state index is 13.7. The Morgan fingerprint density at radius 3 is 1.91 bits per heavy atom. The van der Waals surface area contributed by atoms with Gasteiger partial charge < -0.3 is 5.32 Å². The van der Waals surface area contributed by atoms with E-state index in [1.807, 2.05) is 6.92 Å². The molecule has 1 atom stereocenters. The summed E-state index contributed by atoms with van der Waals surface area (Å²) in [5.41, 5.74) is -0.412. The lowest BCUT2D eigenvalue weighted by Gasteiger charge is -2.62. The first-order chi connectivity index (χ1) is 20.4. The van der Waals surface area contributed by atoms with E-state index in [0.29, 0.717) is 25.3 Å². The first-order valence-corrected chi connectivity index (χ1v) is 17.9. The number of nitrogens with zero attached hydrogens (tertiary/aromatic N) is 3. The summed E-state index contributed by atoms with van der Waals surface area (Å²) in [5, 5.41) is 6.67. The van der Waals surface area contributed by atoms with E-state index in [1.54, 1.807) is 5.01 Å². The van der Waals surface area contributed by atoms with E-state index in [4.69, 9.17) is 0 Å². The van der Waals surface area contributed by atoms with Crippen LogP contribution in [0.25, 0.3) is 0 Å². The predicted molar refractivity (Wildman–Crippen MR) is 181 cm³/mol. The molecule has 3 aliphatic rings. The SMILES string of the molecule is CCCCCCCCCC=CCC1CC(=O)N(N(C(=O)CC)C2CC(C)(C)N(C3CC(C)(C)NC(C)(C)C3)C(C)(C)C2)C1=O. The van der Waals surface area contributed by atoms with Gasteiger partial charge in [0.2, 0.25) is 11.8 Å². The average molecular weight is 615 g/mol. The number of rotatable bonds is 14. The third-order valence-corrected chi connectivity index (χ3v) is 10.2. The molecule has 0 bridgehead atoms. The summed E-state index contributed by atoms with van der Waals surface area (Å²) in [4.78, 5) is 43.4. The highest BCUT2D eigenvalue weighted by Gasteiger charge is 2.55. The summed E-state index contributed by atoms with van der Waals surface area (Å²) in [5.74, 6) is -0.976. The van der Waals surface area contributed by atoms with Gasteiger partial charge in [0, 0.05) is 41.0 Å². The molecule has 3 fully saturated rings. The molecule has 0 aliphatic carbocycles. The summed E-state index contributed by atoms with van der Waals surface area (Å²) < 4.78 is 0. The summed E-state index contributed by atoms with van der Waals surface area (Å²) in [6, 6.07) is 0.167. The van der Waals surface area contributed by atoms with Crippen LogP contribution in [-0.2, 0) is 14.4 Å². The maximum absolute atomic E-state index is 13.7. The monoisotopic (exact) mass is 615 g/mol. The van der Waals surface area contributed by atoms with E-state index < -0.39 is 0 Å². The molecule has 0 aromatic heterocycles. The van der Waals surface area contributed by atoms with E-state index in [-0.39, 0.29) is 64.7 Å². The summed E-state index contributed by atoms with van der Waals surface area (Å²) in [6.07, 6.45) is 18.8. The van der Waals surface area contributed by atoms with E-state index in [0.717, 1.165) is 19.3 Å². The van der Waals surface area contributed by atoms with E-state index in [2.05, 4.69) is 84.7 Å². The van der Waals surface area contributed by atoms with Gasteiger partial charge in [-0.15, -0.1) is 0 Å². The topological polar surface area (TPSA) is 73.0 Å². The number of unbranched alkanes of at least 4 members (excludes halogenated alkanes) is 7. The molecule has 0 radical (unpaired) electrons. The van der Waals surface area contributed by atoms with Gasteiger partial charge in [-0.3, -0.25) is 19.3 Å². The molecule has 1 N–H and O–H groups in total. The number of amides is 3. The van der Waals surface area contributed by atoms with Crippen LogP contribution >= 0.6 is 0 Å². The second-order valence-corrected chi connectivity index (χ2v) is 16.7. The van der Waals surface area contributed by atoms with Gasteiger partial charge in [-0.25, -0.2) is 5.01 Å². The minimum Gasteiger partial charge on any atom is -0.307 e. The highest BCUT2D eigenvalue weighted by molar-refractivity contribution is 6.04. The second-order valence-electron chi connectivity index (χ2n) is 16.7. The molecule has 252 valence electrons. The zero-order valence-electron chi connectivity index (χ0n) is 30.1. The first kappa shape index (κ1) is 36.7. The second kappa shape index (κ2) is 14.8. The van der Waals surface area contributed by atoms with E-state index in [9.17, 15) is 14.4 Å². The lowest BCUT2D eigenvalue weighted by molar-refractivity contribution is -0.185. The molecule has 3 aliphatic heterocycles. The molecule has 3 amide bonds. The molecular weight excluding hydrogens is 548 g/mol. The van der Waals surface area contributed by atoms with Crippen LogP contribution < -0.4 is 5.32 Å². The fourth-order valence-electron chi connectivity index (χ4n) is 9.18. The Labute approximate surface area is 269 Å². The zero-order chi connectivity index (χ0) is 32.9. The van der Waals surface area contributed by atoms with Crippen LogP contribution in [0.3, 0.4) is 0 Å². The van der Waals surface area contributed by atoms with Gasteiger partial charge in [0.15, 0.2) is 0 Å². The van der Waals surface area contributed by atoms with Gasteiger partial charge in [-0.1, -0.05) is 64.5 Å². The predicted octanol–water partition coefficient (Wildman–Crippen LogP) is 7.93. The van der Waals surface area contributed by atoms with Crippen molar-refractivity contribution >= 4 is 17.7 Å². The Morgan fingerprint density at radius 1 is 0.818 bits per heavy atom. The summed E-state index contributed by atoms with van der Waals surface area (Å²) >= 11 is 0.